The Morgan fingerprint density at radius 1 is 1.26 bits per heavy atom. The molecule has 1 aliphatic heterocycles. The van der Waals surface area contributed by atoms with E-state index in [-0.39, 0.29) is 17.6 Å². The van der Waals surface area contributed by atoms with Gasteiger partial charge in [-0.1, -0.05) is 16.8 Å². The van der Waals surface area contributed by atoms with Gasteiger partial charge in [-0.05, 0) is 68.4 Å². The van der Waals surface area contributed by atoms with Gasteiger partial charge in [0.1, 0.15) is 11.6 Å². The van der Waals surface area contributed by atoms with Crippen molar-refractivity contribution in [2.45, 2.75) is 19.4 Å². The maximum absolute atomic E-state index is 13.1. The summed E-state index contributed by atoms with van der Waals surface area (Å²) >= 11 is 6.04. The number of aromatic nitrogens is 2. The first-order valence-electron chi connectivity index (χ1n) is 9.97. The van der Waals surface area contributed by atoms with Gasteiger partial charge in [-0.25, -0.2) is 4.39 Å². The van der Waals surface area contributed by atoms with Crippen LogP contribution in [0.5, 0.6) is 5.75 Å². The summed E-state index contributed by atoms with van der Waals surface area (Å²) < 4.78 is 23.7. The second kappa shape index (κ2) is 9.45. The molecular weight excluding hydrogens is 423 g/mol. The van der Waals surface area contributed by atoms with E-state index in [1.807, 2.05) is 0 Å². The highest BCUT2D eigenvalue weighted by molar-refractivity contribution is 6.31. The van der Waals surface area contributed by atoms with Gasteiger partial charge >= 0.3 is 0 Å². The monoisotopic (exact) mass is 444 g/mol. The number of nitrogens with one attached hydrogen (secondary N) is 1. The number of anilines is 1. The van der Waals surface area contributed by atoms with Crippen molar-refractivity contribution in [1.82, 2.24) is 15.0 Å². The molecule has 2 heterocycles. The fourth-order valence-electron chi connectivity index (χ4n) is 3.59. The SMILES string of the molecule is COc1ccc(Cl)cc1NC(=O)C1CCN(Cc2nc(-c3ccc(F)cc3)no2)CC1. The summed E-state index contributed by atoms with van der Waals surface area (Å²) in [5.74, 6) is 1.04. The van der Waals surface area contributed by atoms with Crippen LogP contribution in [0.2, 0.25) is 5.02 Å². The van der Waals surface area contributed by atoms with E-state index in [4.69, 9.17) is 20.9 Å². The molecule has 0 atom stereocenters. The number of ether oxygens (including phenoxy) is 1. The van der Waals surface area contributed by atoms with Gasteiger partial charge in [0.25, 0.3) is 0 Å². The van der Waals surface area contributed by atoms with Gasteiger partial charge in [-0.15, -0.1) is 0 Å². The van der Waals surface area contributed by atoms with E-state index in [0.29, 0.717) is 53.1 Å². The zero-order valence-corrected chi connectivity index (χ0v) is 17.7. The smallest absolute Gasteiger partial charge is 0.241 e. The summed E-state index contributed by atoms with van der Waals surface area (Å²) in [6.07, 6.45) is 1.43. The van der Waals surface area contributed by atoms with Crippen LogP contribution in [0.1, 0.15) is 18.7 Å². The number of methoxy groups -OCH3 is 1. The topological polar surface area (TPSA) is 80.5 Å². The second-order valence-electron chi connectivity index (χ2n) is 7.40. The highest BCUT2D eigenvalue weighted by Gasteiger charge is 2.26. The molecule has 7 nitrogen and oxygen atoms in total. The van der Waals surface area contributed by atoms with Crippen LogP contribution in [0.4, 0.5) is 10.1 Å². The molecule has 2 aromatic carbocycles. The first kappa shape index (κ1) is 21.3. The fourth-order valence-corrected chi connectivity index (χ4v) is 3.76. The number of hydrogen-bond acceptors (Lipinski definition) is 6. The van der Waals surface area contributed by atoms with Gasteiger partial charge in [0, 0.05) is 16.5 Å². The second-order valence-corrected chi connectivity index (χ2v) is 7.84. The van der Waals surface area contributed by atoms with E-state index in [1.165, 1.54) is 12.1 Å². The Morgan fingerprint density at radius 3 is 2.71 bits per heavy atom. The van der Waals surface area contributed by atoms with Crippen molar-refractivity contribution in [3.05, 3.63) is 59.2 Å². The Labute approximate surface area is 184 Å². The van der Waals surface area contributed by atoms with Gasteiger partial charge < -0.3 is 14.6 Å². The van der Waals surface area contributed by atoms with E-state index < -0.39 is 0 Å². The molecule has 162 valence electrons. The number of piperidine rings is 1. The Bertz CT molecular complexity index is 1050. The van der Waals surface area contributed by atoms with Crippen LogP contribution >= 0.6 is 11.6 Å². The minimum Gasteiger partial charge on any atom is -0.495 e. The molecule has 0 spiro atoms. The third kappa shape index (κ3) is 5.21. The lowest BCUT2D eigenvalue weighted by Crippen LogP contribution is -2.37. The number of nitrogens with zero attached hydrogens (tertiary/aromatic N) is 3. The van der Waals surface area contributed by atoms with Crippen molar-refractivity contribution in [3.8, 4) is 17.1 Å². The van der Waals surface area contributed by atoms with Crippen LogP contribution in [0.3, 0.4) is 0 Å². The molecular formula is C22H22ClFN4O3. The zero-order valence-electron chi connectivity index (χ0n) is 17.0. The van der Waals surface area contributed by atoms with Gasteiger partial charge in [-0.2, -0.15) is 4.98 Å². The summed E-state index contributed by atoms with van der Waals surface area (Å²) in [6.45, 7) is 1.97. The maximum atomic E-state index is 13.1. The summed E-state index contributed by atoms with van der Waals surface area (Å²) in [6, 6.07) is 11.1. The first-order valence-corrected chi connectivity index (χ1v) is 10.3. The molecule has 4 rings (SSSR count). The summed E-state index contributed by atoms with van der Waals surface area (Å²) in [4.78, 5) is 19.3. The third-order valence-corrected chi connectivity index (χ3v) is 5.54. The molecule has 0 bridgehead atoms. The largest absolute Gasteiger partial charge is 0.495 e. The van der Waals surface area contributed by atoms with Crippen molar-refractivity contribution < 1.29 is 18.4 Å². The first-order chi connectivity index (χ1) is 15.0. The number of amides is 1. The Morgan fingerprint density at radius 2 is 2.00 bits per heavy atom. The molecule has 0 saturated carbocycles. The number of carbonyl (C=O) groups excluding carboxylic acids is 1. The summed E-state index contributed by atoms with van der Waals surface area (Å²) in [7, 11) is 1.55. The van der Waals surface area contributed by atoms with Gasteiger partial charge in [0.15, 0.2) is 0 Å². The Hall–Kier alpha value is -2.97. The molecule has 0 aliphatic carbocycles. The van der Waals surface area contributed by atoms with Crippen LogP contribution in [-0.4, -0.2) is 41.1 Å². The van der Waals surface area contributed by atoms with Gasteiger partial charge in [0.05, 0.1) is 19.3 Å². The zero-order chi connectivity index (χ0) is 21.8. The third-order valence-electron chi connectivity index (χ3n) is 5.31. The minimum atomic E-state index is -0.312. The lowest BCUT2D eigenvalue weighted by Gasteiger charge is -2.30. The fraction of sp³-hybridized carbons (Fsp3) is 0.318. The van der Waals surface area contributed by atoms with Crippen molar-refractivity contribution in [3.63, 3.8) is 0 Å². The lowest BCUT2D eigenvalue weighted by molar-refractivity contribution is -0.121. The molecule has 1 fully saturated rings. The predicted octanol–water partition coefficient (Wildman–Crippen LogP) is 4.39. The van der Waals surface area contributed by atoms with Crippen LogP contribution in [-0.2, 0) is 11.3 Å². The van der Waals surface area contributed by atoms with Crippen LogP contribution in [0, 0.1) is 11.7 Å². The predicted molar refractivity (Wildman–Crippen MR) is 114 cm³/mol. The minimum absolute atomic E-state index is 0.0448. The summed E-state index contributed by atoms with van der Waals surface area (Å²) in [5, 5.41) is 7.43. The quantitative estimate of drug-likeness (QED) is 0.607. The van der Waals surface area contributed by atoms with Crippen molar-refractivity contribution in [2.75, 3.05) is 25.5 Å². The molecule has 1 aromatic heterocycles. The Balaban J connectivity index is 1.30. The molecule has 0 radical (unpaired) electrons. The lowest BCUT2D eigenvalue weighted by atomic mass is 9.96. The molecule has 1 aliphatic rings. The molecule has 1 N–H and O–H groups in total. The van der Waals surface area contributed by atoms with Crippen molar-refractivity contribution >= 4 is 23.2 Å². The standard InChI is InChI=1S/C22H22ClFN4O3/c1-30-19-7-4-16(23)12-18(19)25-22(29)15-8-10-28(11-9-15)13-20-26-21(27-31-20)14-2-5-17(24)6-3-14/h2-7,12,15H,8-11,13H2,1H3,(H,25,29). The van der Waals surface area contributed by atoms with E-state index in [2.05, 4.69) is 20.4 Å². The Kier molecular flexibility index (Phi) is 6.48. The van der Waals surface area contributed by atoms with Crippen molar-refractivity contribution in [2.24, 2.45) is 5.92 Å². The molecule has 1 saturated heterocycles. The highest BCUT2D eigenvalue weighted by atomic mass is 35.5. The number of hydrogen-bond donors (Lipinski definition) is 1. The number of likely N-dealkylation sites (tertiary alicyclic amines) is 1. The van der Waals surface area contributed by atoms with Crippen LogP contribution in [0.15, 0.2) is 47.0 Å². The van der Waals surface area contributed by atoms with Gasteiger partial charge in [-0.3, -0.25) is 9.69 Å². The number of benzene rings is 2. The highest BCUT2D eigenvalue weighted by Crippen LogP contribution is 2.29. The van der Waals surface area contributed by atoms with Crippen molar-refractivity contribution in [1.29, 1.82) is 0 Å². The normalized spacial score (nSPS) is 15.1. The molecule has 0 unspecified atom stereocenters. The number of rotatable bonds is 6. The maximum Gasteiger partial charge on any atom is 0.241 e. The molecule has 3 aromatic rings. The van der Waals surface area contributed by atoms with E-state index >= 15 is 0 Å². The van der Waals surface area contributed by atoms with Gasteiger partial charge in [0.2, 0.25) is 17.6 Å². The number of halogens is 2. The number of carbonyl (C=O) groups is 1. The molecule has 1 amide bonds. The molecule has 9 heteroatoms. The van der Waals surface area contributed by atoms with Crippen LogP contribution < -0.4 is 10.1 Å². The van der Waals surface area contributed by atoms with E-state index in [9.17, 15) is 9.18 Å². The average Bonchev–Trinajstić information content (AvgIpc) is 3.23. The van der Waals surface area contributed by atoms with E-state index in [1.54, 1.807) is 37.4 Å². The van der Waals surface area contributed by atoms with E-state index in [0.717, 1.165) is 13.1 Å². The molecule has 31 heavy (non-hydrogen) atoms. The summed E-state index contributed by atoms with van der Waals surface area (Å²) in [5.41, 5.74) is 1.27. The average molecular weight is 445 g/mol. The van der Waals surface area contributed by atoms with Crippen LogP contribution in [0.25, 0.3) is 11.4 Å².